The fraction of sp³-hybridized carbons (Fsp3) is 0.435. The fourth-order valence-electron chi connectivity index (χ4n) is 4.44. The van der Waals surface area contributed by atoms with Gasteiger partial charge in [0.2, 0.25) is 5.91 Å². The van der Waals surface area contributed by atoms with Gasteiger partial charge in [-0.25, -0.2) is 0 Å². The van der Waals surface area contributed by atoms with E-state index >= 15 is 0 Å². The Hall–Kier alpha value is -2.69. The Morgan fingerprint density at radius 1 is 1.18 bits per heavy atom. The molecular weight excluding hydrogens is 350 g/mol. The number of fused-ring (bicyclic) bond motifs is 1. The van der Waals surface area contributed by atoms with Crippen molar-refractivity contribution in [3.8, 4) is 0 Å². The number of carbonyl (C=O) groups excluding carboxylic acids is 2. The minimum Gasteiger partial charge on any atom is -0.326 e. The van der Waals surface area contributed by atoms with Crippen LogP contribution in [0.1, 0.15) is 54.9 Å². The summed E-state index contributed by atoms with van der Waals surface area (Å²) in [4.78, 5) is 31.6. The van der Waals surface area contributed by atoms with Crippen LogP contribution in [0.15, 0.2) is 42.7 Å². The number of hydrogen-bond donors (Lipinski definition) is 1. The zero-order chi connectivity index (χ0) is 19.5. The summed E-state index contributed by atoms with van der Waals surface area (Å²) < 4.78 is 0. The third kappa shape index (κ3) is 3.79. The van der Waals surface area contributed by atoms with Crippen LogP contribution in [-0.2, 0) is 11.2 Å². The number of rotatable bonds is 4. The second-order valence-corrected chi connectivity index (χ2v) is 7.97. The predicted octanol–water partition coefficient (Wildman–Crippen LogP) is 4.44. The molecule has 2 aromatic rings. The van der Waals surface area contributed by atoms with Crippen LogP contribution < -0.4 is 10.2 Å². The maximum Gasteiger partial charge on any atom is 0.259 e. The zero-order valence-electron chi connectivity index (χ0n) is 16.4. The van der Waals surface area contributed by atoms with E-state index in [-0.39, 0.29) is 17.7 Å². The fourth-order valence-corrected chi connectivity index (χ4v) is 4.44. The summed E-state index contributed by atoms with van der Waals surface area (Å²) in [6.07, 6.45) is 9.89. The van der Waals surface area contributed by atoms with Gasteiger partial charge in [-0.3, -0.25) is 14.6 Å². The van der Waals surface area contributed by atoms with Gasteiger partial charge in [0.15, 0.2) is 0 Å². The van der Waals surface area contributed by atoms with Crippen molar-refractivity contribution in [3.05, 3.63) is 53.9 Å². The van der Waals surface area contributed by atoms with E-state index in [9.17, 15) is 9.59 Å². The van der Waals surface area contributed by atoms with Gasteiger partial charge in [-0.1, -0.05) is 25.8 Å². The Morgan fingerprint density at radius 3 is 2.75 bits per heavy atom. The normalized spacial score (nSPS) is 17.8. The molecule has 1 aromatic carbocycles. The van der Waals surface area contributed by atoms with Crippen LogP contribution >= 0.6 is 0 Å². The molecule has 1 fully saturated rings. The van der Waals surface area contributed by atoms with Gasteiger partial charge in [-0.2, -0.15) is 0 Å². The average molecular weight is 377 g/mol. The third-order valence-electron chi connectivity index (χ3n) is 6.15. The molecule has 1 aromatic heterocycles. The summed E-state index contributed by atoms with van der Waals surface area (Å²) in [5.41, 5.74) is 3.39. The van der Waals surface area contributed by atoms with E-state index in [0.717, 1.165) is 42.6 Å². The second kappa shape index (κ2) is 8.13. The molecule has 0 bridgehead atoms. The smallest absolute Gasteiger partial charge is 0.259 e. The van der Waals surface area contributed by atoms with Gasteiger partial charge in [0.05, 0.1) is 5.56 Å². The molecule has 2 aliphatic rings. The highest BCUT2D eigenvalue weighted by molar-refractivity contribution is 6.07. The van der Waals surface area contributed by atoms with Crippen LogP contribution in [0, 0.1) is 11.8 Å². The van der Waals surface area contributed by atoms with Gasteiger partial charge in [-0.05, 0) is 61.4 Å². The van der Waals surface area contributed by atoms with E-state index in [1.54, 1.807) is 24.5 Å². The maximum atomic E-state index is 13.0. The average Bonchev–Trinajstić information content (AvgIpc) is 3.27. The first-order valence-electron chi connectivity index (χ1n) is 10.3. The molecule has 0 radical (unpaired) electrons. The van der Waals surface area contributed by atoms with Crippen molar-refractivity contribution in [1.29, 1.82) is 0 Å². The van der Waals surface area contributed by atoms with E-state index < -0.39 is 0 Å². The van der Waals surface area contributed by atoms with Crippen molar-refractivity contribution in [1.82, 2.24) is 4.98 Å². The molecular formula is C23H27N3O2. The summed E-state index contributed by atoms with van der Waals surface area (Å²) >= 11 is 0. The SMILES string of the molecule is CC(C(=O)Nc1ccc2c(c1)N(C(=O)c1cccnc1)CCC2)C1CCCC1. The van der Waals surface area contributed by atoms with E-state index in [2.05, 4.69) is 10.3 Å². The number of benzene rings is 1. The lowest BCUT2D eigenvalue weighted by Crippen LogP contribution is -2.35. The molecule has 1 saturated carbocycles. The largest absolute Gasteiger partial charge is 0.326 e. The molecule has 0 spiro atoms. The van der Waals surface area contributed by atoms with Crippen molar-refractivity contribution in [2.24, 2.45) is 11.8 Å². The number of pyridine rings is 1. The van der Waals surface area contributed by atoms with Gasteiger partial charge in [0, 0.05) is 36.2 Å². The van der Waals surface area contributed by atoms with Crippen LogP contribution in [0.5, 0.6) is 0 Å². The topological polar surface area (TPSA) is 62.3 Å². The van der Waals surface area contributed by atoms with Crippen molar-refractivity contribution in [2.75, 3.05) is 16.8 Å². The molecule has 1 atom stereocenters. The highest BCUT2D eigenvalue weighted by Gasteiger charge is 2.28. The monoisotopic (exact) mass is 377 g/mol. The first-order valence-corrected chi connectivity index (χ1v) is 10.3. The molecule has 28 heavy (non-hydrogen) atoms. The zero-order valence-corrected chi connectivity index (χ0v) is 16.4. The molecule has 1 aliphatic carbocycles. The number of aryl methyl sites for hydroxylation is 1. The minimum absolute atomic E-state index is 0.0201. The molecule has 5 heteroatoms. The number of hydrogen-bond acceptors (Lipinski definition) is 3. The first kappa shape index (κ1) is 18.7. The lowest BCUT2D eigenvalue weighted by molar-refractivity contribution is -0.120. The highest BCUT2D eigenvalue weighted by Crippen LogP contribution is 2.34. The molecule has 1 N–H and O–H groups in total. The summed E-state index contributed by atoms with van der Waals surface area (Å²) in [5, 5.41) is 3.08. The summed E-state index contributed by atoms with van der Waals surface area (Å²) in [6, 6.07) is 9.50. The number of amides is 2. The lowest BCUT2D eigenvalue weighted by atomic mass is 9.92. The molecule has 0 saturated heterocycles. The molecule has 1 aliphatic heterocycles. The standard InChI is InChI=1S/C23H27N3O2/c1-16(17-6-2-3-7-17)22(27)25-20-11-10-18-9-5-13-26(21(18)14-20)23(28)19-8-4-12-24-15-19/h4,8,10-12,14-17H,2-3,5-7,9,13H2,1H3,(H,25,27). The molecule has 5 nitrogen and oxygen atoms in total. The number of carbonyl (C=O) groups is 2. The summed E-state index contributed by atoms with van der Waals surface area (Å²) in [5.74, 6) is 0.539. The highest BCUT2D eigenvalue weighted by atomic mass is 16.2. The van der Waals surface area contributed by atoms with Crippen LogP contribution in [0.3, 0.4) is 0 Å². The van der Waals surface area contributed by atoms with Crippen molar-refractivity contribution in [3.63, 3.8) is 0 Å². The predicted molar refractivity (Wildman–Crippen MR) is 110 cm³/mol. The quantitative estimate of drug-likeness (QED) is 0.857. The van der Waals surface area contributed by atoms with Crippen LogP contribution in [0.2, 0.25) is 0 Å². The summed E-state index contributed by atoms with van der Waals surface area (Å²) in [6.45, 7) is 2.71. The Labute approximate surface area is 166 Å². The molecule has 4 rings (SSSR count). The first-order chi connectivity index (χ1) is 13.6. The minimum atomic E-state index is -0.0446. The Bertz CT molecular complexity index is 859. The molecule has 2 heterocycles. The maximum absolute atomic E-state index is 13.0. The number of anilines is 2. The van der Waals surface area contributed by atoms with Crippen LogP contribution in [0.25, 0.3) is 0 Å². The number of aromatic nitrogens is 1. The van der Waals surface area contributed by atoms with Crippen molar-refractivity contribution < 1.29 is 9.59 Å². The van der Waals surface area contributed by atoms with Gasteiger partial charge >= 0.3 is 0 Å². The van der Waals surface area contributed by atoms with E-state index in [4.69, 9.17) is 0 Å². The van der Waals surface area contributed by atoms with Crippen LogP contribution in [0.4, 0.5) is 11.4 Å². The summed E-state index contributed by atoms with van der Waals surface area (Å²) in [7, 11) is 0. The Kier molecular flexibility index (Phi) is 5.42. The van der Waals surface area contributed by atoms with E-state index in [1.807, 2.05) is 30.0 Å². The number of nitrogens with one attached hydrogen (secondary N) is 1. The van der Waals surface area contributed by atoms with Crippen LogP contribution in [-0.4, -0.2) is 23.3 Å². The molecule has 146 valence electrons. The van der Waals surface area contributed by atoms with E-state index in [1.165, 1.54) is 12.8 Å². The van der Waals surface area contributed by atoms with Crippen molar-refractivity contribution in [2.45, 2.75) is 45.4 Å². The number of nitrogens with zero attached hydrogens (tertiary/aromatic N) is 2. The van der Waals surface area contributed by atoms with Gasteiger partial charge in [-0.15, -0.1) is 0 Å². The third-order valence-corrected chi connectivity index (χ3v) is 6.15. The molecule has 2 amide bonds. The van der Waals surface area contributed by atoms with Crippen molar-refractivity contribution >= 4 is 23.2 Å². The van der Waals surface area contributed by atoms with Gasteiger partial charge in [0.1, 0.15) is 0 Å². The Morgan fingerprint density at radius 2 is 2.00 bits per heavy atom. The second-order valence-electron chi connectivity index (χ2n) is 7.97. The van der Waals surface area contributed by atoms with Gasteiger partial charge < -0.3 is 10.2 Å². The lowest BCUT2D eigenvalue weighted by Gasteiger charge is -2.30. The molecule has 1 unspecified atom stereocenters. The Balaban J connectivity index is 1.54. The van der Waals surface area contributed by atoms with E-state index in [0.29, 0.717) is 18.0 Å². The van der Waals surface area contributed by atoms with Gasteiger partial charge in [0.25, 0.3) is 5.91 Å².